The van der Waals surface area contributed by atoms with Gasteiger partial charge in [-0.3, -0.25) is 0 Å². The van der Waals surface area contributed by atoms with Gasteiger partial charge in [0.1, 0.15) is 5.82 Å². The summed E-state index contributed by atoms with van der Waals surface area (Å²) in [5, 5.41) is 6.99. The number of nitrogens with one attached hydrogen (secondary N) is 1. The van der Waals surface area contributed by atoms with E-state index in [2.05, 4.69) is 10.4 Å². The van der Waals surface area contributed by atoms with Crippen molar-refractivity contribution in [2.75, 3.05) is 5.73 Å². The Bertz CT molecular complexity index is 587. The number of hydrogen-bond donors (Lipinski definition) is 2. The number of benzene rings is 1. The van der Waals surface area contributed by atoms with Gasteiger partial charge in [0.15, 0.2) is 0 Å². The molecule has 0 aliphatic carbocycles. The van der Waals surface area contributed by atoms with Gasteiger partial charge >= 0.3 is 6.03 Å². The lowest BCUT2D eigenvalue weighted by molar-refractivity contribution is 0.229. The molecular formula is C14H18N4O. The average Bonchev–Trinajstić information content (AvgIpc) is 2.69. The van der Waals surface area contributed by atoms with Crippen LogP contribution in [0.3, 0.4) is 0 Å². The molecule has 0 aliphatic heterocycles. The number of nitrogens with zero attached hydrogens (tertiary/aromatic N) is 2. The number of carbonyl (C=O) groups is 1. The van der Waals surface area contributed by atoms with Crippen LogP contribution in [0.15, 0.2) is 36.4 Å². The molecule has 0 atom stereocenters. The Kier molecular flexibility index (Phi) is 3.29. The van der Waals surface area contributed by atoms with Crippen LogP contribution in [-0.2, 0) is 5.54 Å². The van der Waals surface area contributed by atoms with Crippen molar-refractivity contribution in [3.8, 4) is 0 Å². The predicted molar refractivity (Wildman–Crippen MR) is 74.8 cm³/mol. The smallest absolute Gasteiger partial charge is 0.344 e. The van der Waals surface area contributed by atoms with Crippen LogP contribution < -0.4 is 11.1 Å². The summed E-state index contributed by atoms with van der Waals surface area (Å²) < 4.78 is 1.18. The minimum Gasteiger partial charge on any atom is -0.383 e. The summed E-state index contributed by atoms with van der Waals surface area (Å²) in [7, 11) is 0. The Balaban J connectivity index is 2.21. The van der Waals surface area contributed by atoms with Crippen molar-refractivity contribution in [2.45, 2.75) is 26.3 Å². The van der Waals surface area contributed by atoms with Crippen molar-refractivity contribution in [3.05, 3.63) is 47.7 Å². The highest BCUT2D eigenvalue weighted by Crippen LogP contribution is 2.19. The van der Waals surface area contributed by atoms with Gasteiger partial charge in [0, 0.05) is 6.07 Å². The molecule has 100 valence electrons. The second-order valence-electron chi connectivity index (χ2n) is 5.04. The van der Waals surface area contributed by atoms with Crippen LogP contribution in [0.4, 0.5) is 10.6 Å². The summed E-state index contributed by atoms with van der Waals surface area (Å²) in [6.45, 7) is 5.67. The van der Waals surface area contributed by atoms with Gasteiger partial charge in [-0.15, -0.1) is 0 Å². The first kappa shape index (κ1) is 13.1. The number of nitrogen functional groups attached to an aromatic ring is 1. The van der Waals surface area contributed by atoms with Crippen molar-refractivity contribution in [1.29, 1.82) is 0 Å². The fraction of sp³-hybridized carbons (Fsp3) is 0.286. The number of hydrogen-bond acceptors (Lipinski definition) is 3. The summed E-state index contributed by atoms with van der Waals surface area (Å²) in [4.78, 5) is 12.2. The molecule has 2 aromatic rings. The SMILES string of the molecule is Cc1cc(N)n(C(=O)NC(C)(C)c2ccccc2)n1. The van der Waals surface area contributed by atoms with Gasteiger partial charge in [-0.25, -0.2) is 4.79 Å². The molecule has 0 unspecified atom stereocenters. The normalized spacial score (nSPS) is 11.3. The van der Waals surface area contributed by atoms with E-state index < -0.39 is 5.54 Å². The van der Waals surface area contributed by atoms with E-state index in [9.17, 15) is 4.79 Å². The lowest BCUT2D eigenvalue weighted by atomic mass is 9.95. The molecule has 3 N–H and O–H groups in total. The molecule has 0 spiro atoms. The fourth-order valence-corrected chi connectivity index (χ4v) is 1.93. The number of carbonyl (C=O) groups excluding carboxylic acids is 1. The van der Waals surface area contributed by atoms with E-state index in [4.69, 9.17) is 5.73 Å². The lowest BCUT2D eigenvalue weighted by Crippen LogP contribution is -2.43. The molecule has 1 amide bonds. The number of rotatable bonds is 2. The molecule has 0 fully saturated rings. The maximum atomic E-state index is 12.2. The zero-order valence-corrected chi connectivity index (χ0v) is 11.3. The molecule has 1 heterocycles. The molecule has 0 saturated carbocycles. The van der Waals surface area contributed by atoms with Gasteiger partial charge in [-0.1, -0.05) is 30.3 Å². The standard InChI is InChI=1S/C14H18N4O/c1-10-9-12(15)18(17-10)13(19)16-14(2,3)11-7-5-4-6-8-11/h4-9H,15H2,1-3H3,(H,16,19). The van der Waals surface area contributed by atoms with Gasteiger partial charge in [-0.2, -0.15) is 9.78 Å². The fourth-order valence-electron chi connectivity index (χ4n) is 1.93. The Morgan fingerprint density at radius 2 is 1.95 bits per heavy atom. The number of nitrogens with two attached hydrogens (primary N) is 1. The second kappa shape index (κ2) is 4.76. The topological polar surface area (TPSA) is 72.9 Å². The van der Waals surface area contributed by atoms with Gasteiger partial charge in [0.25, 0.3) is 0 Å². The Hall–Kier alpha value is -2.30. The van der Waals surface area contributed by atoms with Crippen molar-refractivity contribution >= 4 is 11.8 Å². The molecule has 1 aromatic carbocycles. The molecule has 2 rings (SSSR count). The summed E-state index contributed by atoms with van der Waals surface area (Å²) in [5.41, 5.74) is 6.98. The highest BCUT2D eigenvalue weighted by atomic mass is 16.2. The maximum Gasteiger partial charge on any atom is 0.344 e. The van der Waals surface area contributed by atoms with Crippen LogP contribution >= 0.6 is 0 Å². The van der Waals surface area contributed by atoms with E-state index in [1.807, 2.05) is 44.2 Å². The highest BCUT2D eigenvalue weighted by molar-refractivity contribution is 5.79. The molecule has 5 heteroatoms. The number of aryl methyl sites for hydroxylation is 1. The molecule has 0 aliphatic rings. The van der Waals surface area contributed by atoms with Crippen molar-refractivity contribution in [2.24, 2.45) is 0 Å². The lowest BCUT2D eigenvalue weighted by Gasteiger charge is -2.26. The highest BCUT2D eigenvalue weighted by Gasteiger charge is 2.24. The predicted octanol–water partition coefficient (Wildman–Crippen LogP) is 2.27. The van der Waals surface area contributed by atoms with E-state index in [-0.39, 0.29) is 6.03 Å². The Morgan fingerprint density at radius 1 is 1.32 bits per heavy atom. The number of aromatic nitrogens is 2. The van der Waals surface area contributed by atoms with Gasteiger partial charge in [0.2, 0.25) is 0 Å². The van der Waals surface area contributed by atoms with E-state index in [0.29, 0.717) is 11.5 Å². The first-order valence-electron chi connectivity index (χ1n) is 6.10. The number of amides is 1. The largest absolute Gasteiger partial charge is 0.383 e. The van der Waals surface area contributed by atoms with E-state index in [1.165, 1.54) is 4.68 Å². The van der Waals surface area contributed by atoms with Crippen LogP contribution in [0.1, 0.15) is 25.1 Å². The summed E-state index contributed by atoms with van der Waals surface area (Å²) in [6, 6.07) is 11.1. The maximum absolute atomic E-state index is 12.2. The third kappa shape index (κ3) is 2.76. The minimum atomic E-state index is -0.495. The average molecular weight is 258 g/mol. The molecule has 0 bridgehead atoms. The van der Waals surface area contributed by atoms with Gasteiger partial charge < -0.3 is 11.1 Å². The molecule has 0 radical (unpaired) electrons. The van der Waals surface area contributed by atoms with Gasteiger partial charge in [0.05, 0.1) is 11.2 Å². The third-order valence-electron chi connectivity index (χ3n) is 2.97. The molecule has 19 heavy (non-hydrogen) atoms. The minimum absolute atomic E-state index is 0.332. The van der Waals surface area contributed by atoms with Crippen LogP contribution in [0.5, 0.6) is 0 Å². The quantitative estimate of drug-likeness (QED) is 0.867. The van der Waals surface area contributed by atoms with Crippen molar-refractivity contribution in [1.82, 2.24) is 15.1 Å². The summed E-state index contributed by atoms with van der Waals surface area (Å²) >= 11 is 0. The van der Waals surface area contributed by atoms with E-state index in [0.717, 1.165) is 5.56 Å². The summed E-state index contributed by atoms with van der Waals surface area (Å²) in [6.07, 6.45) is 0. The Labute approximate surface area is 112 Å². The number of anilines is 1. The van der Waals surface area contributed by atoms with Crippen LogP contribution in [0, 0.1) is 6.92 Å². The van der Waals surface area contributed by atoms with Crippen LogP contribution in [0.2, 0.25) is 0 Å². The second-order valence-corrected chi connectivity index (χ2v) is 5.04. The van der Waals surface area contributed by atoms with E-state index in [1.54, 1.807) is 13.0 Å². The van der Waals surface area contributed by atoms with Crippen molar-refractivity contribution in [3.63, 3.8) is 0 Å². The molecule has 1 aromatic heterocycles. The molecule has 0 saturated heterocycles. The first-order valence-corrected chi connectivity index (χ1v) is 6.10. The van der Waals surface area contributed by atoms with Gasteiger partial charge in [-0.05, 0) is 26.3 Å². The zero-order valence-electron chi connectivity index (χ0n) is 11.3. The summed E-state index contributed by atoms with van der Waals surface area (Å²) in [5.74, 6) is 0.332. The molecule has 5 nitrogen and oxygen atoms in total. The monoisotopic (exact) mass is 258 g/mol. The van der Waals surface area contributed by atoms with Crippen LogP contribution in [0.25, 0.3) is 0 Å². The van der Waals surface area contributed by atoms with Crippen LogP contribution in [-0.4, -0.2) is 15.8 Å². The first-order chi connectivity index (χ1) is 8.90. The van der Waals surface area contributed by atoms with E-state index >= 15 is 0 Å². The Morgan fingerprint density at radius 3 is 2.47 bits per heavy atom. The third-order valence-corrected chi connectivity index (χ3v) is 2.97. The zero-order chi connectivity index (χ0) is 14.0. The molecular weight excluding hydrogens is 240 g/mol. The van der Waals surface area contributed by atoms with Crippen molar-refractivity contribution < 1.29 is 4.79 Å².